The van der Waals surface area contributed by atoms with Crippen LogP contribution >= 0.6 is 23.4 Å². The van der Waals surface area contributed by atoms with Crippen LogP contribution in [0.15, 0.2) is 117 Å². The van der Waals surface area contributed by atoms with E-state index in [4.69, 9.17) is 16.3 Å². The number of sulfonamides is 1. The number of hydrogen-bond acceptors (Lipinski definition) is 12. The molecule has 13 nitrogen and oxygen atoms in total. The van der Waals surface area contributed by atoms with Crippen LogP contribution in [-0.2, 0) is 24.6 Å². The minimum Gasteiger partial charge on any atom is -0.444 e. The molecule has 0 saturated carbocycles. The number of thioether (sulfide) groups is 1. The topological polar surface area (TPSA) is 149 Å². The molecule has 0 aromatic heterocycles. The van der Waals surface area contributed by atoms with Gasteiger partial charge >= 0.3 is 11.6 Å². The molecule has 72 heavy (non-hydrogen) atoms. The van der Waals surface area contributed by atoms with E-state index in [0.717, 1.165) is 74.7 Å². The molecule has 2 N–H and O–H groups in total. The summed E-state index contributed by atoms with van der Waals surface area (Å²) in [4.78, 5) is 33.1. The molecule has 0 spiro atoms. The van der Waals surface area contributed by atoms with Crippen molar-refractivity contribution in [2.45, 2.75) is 92.1 Å². The first-order valence-corrected chi connectivity index (χ1v) is 28.4. The number of hydrogen-bond donors (Lipinski definition) is 2. The van der Waals surface area contributed by atoms with E-state index in [1.54, 1.807) is 37.8 Å². The summed E-state index contributed by atoms with van der Waals surface area (Å²) in [6.45, 7) is 16.2. The Labute approximate surface area is 431 Å². The number of allylic oxidation sites excluding steroid dienone is 1. The summed E-state index contributed by atoms with van der Waals surface area (Å²) in [5, 5.41) is 3.70. The third-order valence-electron chi connectivity index (χ3n) is 13.1. The van der Waals surface area contributed by atoms with E-state index >= 15 is 0 Å². The highest BCUT2D eigenvalue weighted by atomic mass is 35.5. The lowest BCUT2D eigenvalue weighted by atomic mass is 9.72. The third kappa shape index (κ3) is 14.5. The molecule has 2 fully saturated rings. The number of nitrogens with zero attached hydrogens (tertiary/aromatic N) is 4. The molecule has 390 valence electrons. The summed E-state index contributed by atoms with van der Waals surface area (Å²) < 4.78 is 104. The second-order valence-electron chi connectivity index (χ2n) is 20.3. The van der Waals surface area contributed by atoms with Gasteiger partial charge in [0.05, 0.1) is 10.6 Å². The molecule has 2 saturated heterocycles. The normalized spacial score (nSPS) is 17.9. The van der Waals surface area contributed by atoms with Crippen molar-refractivity contribution >= 4 is 72.2 Å². The van der Waals surface area contributed by atoms with E-state index in [2.05, 4.69) is 46.0 Å². The van der Waals surface area contributed by atoms with Crippen molar-refractivity contribution < 1.29 is 44.3 Å². The van der Waals surface area contributed by atoms with Gasteiger partial charge < -0.3 is 19.9 Å². The van der Waals surface area contributed by atoms with Gasteiger partial charge in [-0.3, -0.25) is 14.6 Å². The molecule has 3 aliphatic rings. The van der Waals surface area contributed by atoms with Crippen molar-refractivity contribution in [1.82, 2.24) is 19.4 Å². The summed E-state index contributed by atoms with van der Waals surface area (Å²) in [5.74, 6) is -0.735. The van der Waals surface area contributed by atoms with E-state index in [0.29, 0.717) is 56.0 Å². The van der Waals surface area contributed by atoms with Crippen LogP contribution in [0.1, 0.15) is 76.2 Å². The fourth-order valence-electron chi connectivity index (χ4n) is 9.05. The van der Waals surface area contributed by atoms with Crippen LogP contribution in [0.5, 0.6) is 0 Å². The van der Waals surface area contributed by atoms with Crippen molar-refractivity contribution in [1.29, 1.82) is 0 Å². The first kappa shape index (κ1) is 55.0. The standard InChI is InChI=1S/C52H64ClF3N6O7S3/c1-50(2,3)69-49(64)62-31-25-59(26-32-62)24-22-41(36-70-43-9-7-6-8-10-43)57-46-20-19-44(33-47(46)71(65,66)52(54,55)56)72(67,68)58-48(63)38-13-17-42(18-14-38)61-29-27-60(28-30-61)35-39-21-23-51(4,5)34-45(39)37-11-15-40(53)16-12-37/h6-20,33,41,57H,21-32,34-36H2,1-5H3,(H,58,63)/t41-/m1/s1. The van der Waals surface area contributed by atoms with Crippen LogP contribution in [0, 0.1) is 5.41 Å². The van der Waals surface area contributed by atoms with Gasteiger partial charge in [-0.1, -0.05) is 61.4 Å². The number of rotatable bonds is 16. The smallest absolute Gasteiger partial charge is 0.444 e. The van der Waals surface area contributed by atoms with Gasteiger partial charge in [0.15, 0.2) is 0 Å². The number of nitrogens with one attached hydrogen (secondary N) is 2. The molecule has 2 heterocycles. The Hall–Kier alpha value is -4.79. The molecule has 1 aliphatic carbocycles. The van der Waals surface area contributed by atoms with E-state index in [1.807, 2.05) is 47.2 Å². The lowest BCUT2D eigenvalue weighted by molar-refractivity contribution is -0.0436. The monoisotopic (exact) mass is 1070 g/mol. The molecule has 7 rings (SSSR count). The van der Waals surface area contributed by atoms with E-state index in [9.17, 15) is 39.6 Å². The molecule has 20 heteroatoms. The molecule has 0 unspecified atom stereocenters. The quantitative estimate of drug-likeness (QED) is 0.103. The van der Waals surface area contributed by atoms with Crippen LogP contribution in [-0.4, -0.2) is 132 Å². The molecular weight excluding hydrogens is 1010 g/mol. The lowest BCUT2D eigenvalue weighted by Gasteiger charge is -2.39. The highest BCUT2D eigenvalue weighted by Gasteiger charge is 2.48. The zero-order valence-electron chi connectivity index (χ0n) is 41.3. The maximum absolute atomic E-state index is 14.3. The maximum Gasteiger partial charge on any atom is 0.501 e. The number of carbonyl (C=O) groups is 2. The van der Waals surface area contributed by atoms with Gasteiger partial charge in [0.2, 0.25) is 0 Å². The van der Waals surface area contributed by atoms with Crippen molar-refractivity contribution in [3.8, 4) is 0 Å². The number of piperazine rings is 2. The summed E-state index contributed by atoms with van der Waals surface area (Å²) in [7, 11) is -11.0. The van der Waals surface area contributed by atoms with Gasteiger partial charge in [0, 0.05) is 98.4 Å². The number of anilines is 2. The van der Waals surface area contributed by atoms with E-state index in [1.165, 1.54) is 40.6 Å². The Morgan fingerprint density at radius 3 is 2.08 bits per heavy atom. The number of alkyl halides is 3. The lowest BCUT2D eigenvalue weighted by Crippen LogP contribution is -2.50. The van der Waals surface area contributed by atoms with Gasteiger partial charge in [-0.25, -0.2) is 26.4 Å². The van der Waals surface area contributed by atoms with E-state index < -0.39 is 64.5 Å². The maximum atomic E-state index is 14.3. The van der Waals surface area contributed by atoms with Crippen molar-refractivity contribution in [2.75, 3.05) is 81.4 Å². The Bertz CT molecular complexity index is 2800. The second-order valence-corrected chi connectivity index (χ2v) is 25.5. The van der Waals surface area contributed by atoms with Crippen LogP contribution in [0.2, 0.25) is 5.02 Å². The van der Waals surface area contributed by atoms with Gasteiger partial charge in [-0.15, -0.1) is 11.8 Å². The number of sulfone groups is 1. The average Bonchev–Trinajstić information content (AvgIpc) is 3.33. The van der Waals surface area contributed by atoms with Crippen LogP contribution in [0.4, 0.5) is 29.3 Å². The number of benzene rings is 4. The highest BCUT2D eigenvalue weighted by Crippen LogP contribution is 2.43. The minimum atomic E-state index is -6.11. The SMILES string of the molecule is CC1(C)CCC(CN2CCN(c3ccc(C(=O)NS(=O)(=O)c4ccc(N[C@H](CCN5CCN(C(=O)OC(C)(C)C)CC5)CSc5ccccc5)c(S(=O)(=O)C(F)(F)F)c4)cc3)CC2)=C(c2ccc(Cl)cc2)C1. The Morgan fingerprint density at radius 1 is 0.819 bits per heavy atom. The molecule has 2 aliphatic heterocycles. The highest BCUT2D eigenvalue weighted by molar-refractivity contribution is 7.99. The third-order valence-corrected chi connectivity index (χ3v) is 17.4. The van der Waals surface area contributed by atoms with Gasteiger partial charge in [-0.05, 0) is 130 Å². The zero-order chi connectivity index (χ0) is 52.1. The number of carbonyl (C=O) groups excluding carboxylic acids is 2. The van der Waals surface area contributed by atoms with Crippen LogP contribution in [0.25, 0.3) is 5.57 Å². The molecule has 1 atom stereocenters. The summed E-state index contributed by atoms with van der Waals surface area (Å²) in [5.41, 5.74) is -1.82. The van der Waals surface area contributed by atoms with Crippen LogP contribution < -0.4 is 14.9 Å². The predicted octanol–water partition coefficient (Wildman–Crippen LogP) is 10.1. The summed E-state index contributed by atoms with van der Waals surface area (Å²) >= 11 is 7.62. The predicted molar refractivity (Wildman–Crippen MR) is 279 cm³/mol. The van der Waals surface area contributed by atoms with Crippen molar-refractivity contribution in [3.05, 3.63) is 119 Å². The minimum absolute atomic E-state index is 0.0192. The zero-order valence-corrected chi connectivity index (χ0v) is 44.5. The molecule has 2 amide bonds. The second kappa shape index (κ2) is 22.8. The Kier molecular flexibility index (Phi) is 17.4. The van der Waals surface area contributed by atoms with Crippen molar-refractivity contribution in [2.24, 2.45) is 5.41 Å². The summed E-state index contributed by atoms with van der Waals surface area (Å²) in [6.07, 6.45) is 3.07. The molecule has 4 aromatic carbocycles. The summed E-state index contributed by atoms with van der Waals surface area (Å²) in [6, 6.07) is 25.5. The Morgan fingerprint density at radius 2 is 1.46 bits per heavy atom. The van der Waals surface area contributed by atoms with E-state index in [-0.39, 0.29) is 11.0 Å². The molecule has 0 bridgehead atoms. The van der Waals surface area contributed by atoms with Crippen molar-refractivity contribution in [3.63, 3.8) is 0 Å². The fourth-order valence-corrected chi connectivity index (χ4v) is 12.2. The van der Waals surface area contributed by atoms with Gasteiger partial charge in [0.1, 0.15) is 10.5 Å². The van der Waals surface area contributed by atoms with Gasteiger partial charge in [-0.2, -0.15) is 13.2 Å². The Balaban J connectivity index is 1.01. The number of halogens is 4. The number of amides is 2. The van der Waals surface area contributed by atoms with Gasteiger partial charge in [0.25, 0.3) is 25.8 Å². The first-order chi connectivity index (χ1) is 33.9. The molecule has 0 radical (unpaired) electrons. The number of ether oxygens (including phenoxy) is 1. The van der Waals surface area contributed by atoms with Crippen LogP contribution in [0.3, 0.4) is 0 Å². The first-order valence-electron chi connectivity index (χ1n) is 24.1. The fraction of sp³-hybridized carbons (Fsp3) is 0.462. The largest absolute Gasteiger partial charge is 0.501 e. The molecule has 4 aromatic rings. The molecular formula is C52H64ClF3N6O7S3. The average molecular weight is 1070 g/mol.